The Kier molecular flexibility index (Phi) is 7.41. The van der Waals surface area contributed by atoms with E-state index in [4.69, 9.17) is 58.0 Å². The van der Waals surface area contributed by atoms with Crippen LogP contribution in [0.1, 0.15) is 21.8 Å². The molecule has 2 atom stereocenters. The summed E-state index contributed by atoms with van der Waals surface area (Å²) < 4.78 is 12.4. The lowest BCUT2D eigenvalue weighted by Crippen LogP contribution is -2.18. The Hall–Kier alpha value is -2.22. The SMILES string of the molecule is CNc1cc(NC(=O)c2cc(NC(=O)[C@@H]3[C@@H](c4cc(Cl)cc(Cl)c4)C3(Cl)Cl)ccc2Cl)ccc1F. The molecule has 5 nitrogen and oxygen atoms in total. The minimum atomic E-state index is -1.35. The fourth-order valence-corrected chi connectivity index (χ4v) is 5.39. The fraction of sp³-hybridized carbons (Fsp3) is 0.167. The molecule has 3 aromatic rings. The predicted molar refractivity (Wildman–Crippen MR) is 141 cm³/mol. The van der Waals surface area contributed by atoms with Crippen molar-refractivity contribution in [2.24, 2.45) is 5.92 Å². The van der Waals surface area contributed by atoms with Gasteiger partial charge in [-0.2, -0.15) is 0 Å². The van der Waals surface area contributed by atoms with Gasteiger partial charge in [0.15, 0.2) is 0 Å². The van der Waals surface area contributed by atoms with Gasteiger partial charge in [-0.25, -0.2) is 4.39 Å². The maximum Gasteiger partial charge on any atom is 0.257 e. The van der Waals surface area contributed by atoms with Crippen molar-refractivity contribution < 1.29 is 14.0 Å². The first-order chi connectivity index (χ1) is 16.5. The van der Waals surface area contributed by atoms with Crippen molar-refractivity contribution in [1.29, 1.82) is 0 Å². The Morgan fingerprint density at radius 3 is 2.17 bits per heavy atom. The Labute approximate surface area is 225 Å². The van der Waals surface area contributed by atoms with E-state index in [2.05, 4.69) is 16.0 Å². The molecule has 0 unspecified atom stereocenters. The van der Waals surface area contributed by atoms with E-state index in [0.717, 1.165) is 0 Å². The lowest BCUT2D eigenvalue weighted by atomic mass is 10.1. The van der Waals surface area contributed by atoms with Crippen molar-refractivity contribution in [1.82, 2.24) is 0 Å². The summed E-state index contributed by atoms with van der Waals surface area (Å²) in [5.74, 6) is -2.73. The van der Waals surface area contributed by atoms with Crippen LogP contribution in [-0.4, -0.2) is 23.2 Å². The van der Waals surface area contributed by atoms with E-state index in [9.17, 15) is 14.0 Å². The van der Waals surface area contributed by atoms with Crippen molar-refractivity contribution in [3.05, 3.63) is 86.6 Å². The highest BCUT2D eigenvalue weighted by Crippen LogP contribution is 2.65. The number of hydrogen-bond donors (Lipinski definition) is 3. The molecule has 1 aliphatic rings. The van der Waals surface area contributed by atoms with Crippen LogP contribution >= 0.6 is 58.0 Å². The number of rotatable bonds is 6. The van der Waals surface area contributed by atoms with E-state index in [0.29, 0.717) is 27.0 Å². The monoisotopic (exact) mass is 573 g/mol. The summed E-state index contributed by atoms with van der Waals surface area (Å²) in [6.45, 7) is 0. The molecule has 182 valence electrons. The summed E-state index contributed by atoms with van der Waals surface area (Å²) >= 11 is 31.2. The predicted octanol–water partition coefficient (Wildman–Crippen LogP) is 7.61. The molecule has 11 heteroatoms. The van der Waals surface area contributed by atoms with E-state index in [1.807, 2.05) is 0 Å². The molecule has 1 aliphatic carbocycles. The molecular weight excluding hydrogens is 559 g/mol. The maximum absolute atomic E-state index is 13.7. The van der Waals surface area contributed by atoms with Crippen molar-refractivity contribution in [2.45, 2.75) is 10.3 Å². The van der Waals surface area contributed by atoms with E-state index >= 15 is 0 Å². The number of carbonyl (C=O) groups excluding carboxylic acids is 2. The molecule has 0 bridgehead atoms. The summed E-state index contributed by atoms with van der Waals surface area (Å²) in [6.07, 6.45) is 0. The molecule has 35 heavy (non-hydrogen) atoms. The highest BCUT2D eigenvalue weighted by molar-refractivity contribution is 6.53. The molecule has 0 radical (unpaired) electrons. The maximum atomic E-state index is 13.7. The van der Waals surface area contributed by atoms with Gasteiger partial charge in [-0.3, -0.25) is 9.59 Å². The number of anilines is 3. The van der Waals surface area contributed by atoms with Crippen LogP contribution in [0.4, 0.5) is 21.5 Å². The first-order valence-corrected chi connectivity index (χ1v) is 12.1. The molecular formula is C24H17Cl5FN3O2. The lowest BCUT2D eigenvalue weighted by molar-refractivity contribution is -0.117. The average molecular weight is 576 g/mol. The third-order valence-corrected chi connectivity index (χ3v) is 7.26. The van der Waals surface area contributed by atoms with Gasteiger partial charge >= 0.3 is 0 Å². The molecule has 0 saturated heterocycles. The summed E-state index contributed by atoms with van der Waals surface area (Å²) in [4.78, 5) is 25.8. The number of carbonyl (C=O) groups is 2. The molecule has 3 N–H and O–H groups in total. The zero-order valence-corrected chi connectivity index (χ0v) is 21.7. The van der Waals surface area contributed by atoms with E-state index in [-0.39, 0.29) is 16.3 Å². The van der Waals surface area contributed by atoms with Crippen LogP contribution in [0.2, 0.25) is 15.1 Å². The number of amides is 2. The van der Waals surface area contributed by atoms with Gasteiger partial charge in [0.2, 0.25) is 5.91 Å². The molecule has 1 saturated carbocycles. The molecule has 3 aromatic carbocycles. The minimum Gasteiger partial charge on any atom is -0.386 e. The van der Waals surface area contributed by atoms with Gasteiger partial charge in [-0.15, -0.1) is 23.2 Å². The van der Waals surface area contributed by atoms with Gasteiger partial charge in [0, 0.05) is 34.4 Å². The number of alkyl halides is 2. The molecule has 0 aromatic heterocycles. The smallest absolute Gasteiger partial charge is 0.257 e. The highest BCUT2D eigenvalue weighted by atomic mass is 35.5. The third-order valence-electron chi connectivity index (χ3n) is 5.55. The van der Waals surface area contributed by atoms with Gasteiger partial charge in [0.05, 0.1) is 22.2 Å². The molecule has 0 spiro atoms. The number of hydrogen-bond acceptors (Lipinski definition) is 3. The standard InChI is InChI=1S/C24H17Cl5FN3O2/c1-31-19-10-15(3-5-18(19)30)32-22(34)16-9-14(2-4-17(16)27)33-23(35)21-20(24(21,28)29)11-6-12(25)8-13(26)7-11/h2-10,20-21,31H,1H3,(H,32,34)(H,33,35)/t20-,21+/m1/s1. The second-order valence-electron chi connectivity index (χ2n) is 7.92. The Bertz CT molecular complexity index is 1310. The van der Waals surface area contributed by atoms with Crippen molar-refractivity contribution >= 4 is 86.9 Å². The Morgan fingerprint density at radius 2 is 1.51 bits per heavy atom. The minimum absolute atomic E-state index is 0.108. The zero-order valence-electron chi connectivity index (χ0n) is 17.9. The second kappa shape index (κ2) is 10.0. The van der Waals surface area contributed by atoms with Gasteiger partial charge in [0.25, 0.3) is 5.91 Å². The molecule has 1 fully saturated rings. The first-order valence-electron chi connectivity index (χ1n) is 10.2. The average Bonchev–Trinajstić information content (AvgIpc) is 3.37. The normalized spacial score (nSPS) is 18.0. The van der Waals surface area contributed by atoms with Crippen LogP contribution in [0.25, 0.3) is 0 Å². The Morgan fingerprint density at radius 1 is 0.886 bits per heavy atom. The zero-order chi connectivity index (χ0) is 25.5. The van der Waals surface area contributed by atoms with Crippen molar-refractivity contribution in [3.63, 3.8) is 0 Å². The van der Waals surface area contributed by atoms with Gasteiger partial charge in [-0.05, 0) is 60.2 Å². The fourth-order valence-electron chi connectivity index (χ4n) is 3.81. The molecule has 4 rings (SSSR count). The summed E-state index contributed by atoms with van der Waals surface area (Å²) in [7, 11) is 1.56. The lowest BCUT2D eigenvalue weighted by Gasteiger charge is -2.11. The molecule has 0 heterocycles. The Balaban J connectivity index is 1.51. The van der Waals surface area contributed by atoms with Crippen LogP contribution in [0, 0.1) is 11.7 Å². The van der Waals surface area contributed by atoms with Crippen molar-refractivity contribution in [2.75, 3.05) is 23.0 Å². The number of halogens is 6. The second-order valence-corrected chi connectivity index (χ2v) is 10.6. The summed E-state index contributed by atoms with van der Waals surface area (Å²) in [5.41, 5.74) is 1.65. The third kappa shape index (κ3) is 5.47. The van der Waals surface area contributed by atoms with E-state index in [1.165, 1.54) is 30.3 Å². The summed E-state index contributed by atoms with van der Waals surface area (Å²) in [5, 5.41) is 9.06. The van der Waals surface area contributed by atoms with Gasteiger partial charge in [0.1, 0.15) is 10.2 Å². The number of nitrogens with one attached hydrogen (secondary N) is 3. The summed E-state index contributed by atoms with van der Waals surface area (Å²) in [6, 6.07) is 13.4. The molecule has 2 amide bonds. The first kappa shape index (κ1) is 25.9. The van der Waals surface area contributed by atoms with E-state index < -0.39 is 33.8 Å². The van der Waals surface area contributed by atoms with Crippen LogP contribution in [0.3, 0.4) is 0 Å². The quantitative estimate of drug-likeness (QED) is 0.265. The highest BCUT2D eigenvalue weighted by Gasteiger charge is 2.67. The largest absolute Gasteiger partial charge is 0.386 e. The van der Waals surface area contributed by atoms with Gasteiger partial charge in [-0.1, -0.05) is 34.8 Å². The van der Waals surface area contributed by atoms with E-state index in [1.54, 1.807) is 31.3 Å². The molecule has 0 aliphatic heterocycles. The number of benzene rings is 3. The van der Waals surface area contributed by atoms with Crippen LogP contribution in [0.5, 0.6) is 0 Å². The topological polar surface area (TPSA) is 70.2 Å². The van der Waals surface area contributed by atoms with Crippen molar-refractivity contribution in [3.8, 4) is 0 Å². The van der Waals surface area contributed by atoms with Crippen LogP contribution in [0.15, 0.2) is 54.6 Å². The van der Waals surface area contributed by atoms with Crippen LogP contribution in [-0.2, 0) is 4.79 Å². The van der Waals surface area contributed by atoms with Crippen LogP contribution < -0.4 is 16.0 Å². The van der Waals surface area contributed by atoms with Gasteiger partial charge < -0.3 is 16.0 Å².